The first-order valence-corrected chi connectivity index (χ1v) is 8.22. The highest BCUT2D eigenvalue weighted by molar-refractivity contribution is 5.74. The van der Waals surface area contributed by atoms with Gasteiger partial charge in [0.2, 0.25) is 5.95 Å². The molecular weight excluding hydrogens is 320 g/mol. The van der Waals surface area contributed by atoms with Crippen molar-refractivity contribution in [3.63, 3.8) is 0 Å². The number of anilines is 1. The molecule has 0 bridgehead atoms. The summed E-state index contributed by atoms with van der Waals surface area (Å²) in [4.78, 5) is 31.5. The molecule has 2 heterocycles. The summed E-state index contributed by atoms with van der Waals surface area (Å²) in [7, 11) is 4.98. The SMILES string of the molecule is CC(C)=CCn1c(N(C)C(C)CC=N)nc2c1c(=O)n(C)c(=O)n2C. The van der Waals surface area contributed by atoms with Gasteiger partial charge in [0, 0.05) is 40.2 Å². The van der Waals surface area contributed by atoms with Crippen LogP contribution in [0, 0.1) is 5.41 Å². The summed E-state index contributed by atoms with van der Waals surface area (Å²) >= 11 is 0. The summed E-state index contributed by atoms with van der Waals surface area (Å²) in [6.07, 6.45) is 3.95. The zero-order valence-electron chi connectivity index (χ0n) is 15.7. The van der Waals surface area contributed by atoms with Gasteiger partial charge in [0.25, 0.3) is 5.56 Å². The zero-order chi connectivity index (χ0) is 18.9. The van der Waals surface area contributed by atoms with Gasteiger partial charge in [-0.1, -0.05) is 11.6 Å². The molecule has 0 amide bonds. The van der Waals surface area contributed by atoms with Crippen LogP contribution >= 0.6 is 0 Å². The molecule has 8 heteroatoms. The van der Waals surface area contributed by atoms with E-state index in [0.29, 0.717) is 30.1 Å². The average Bonchev–Trinajstić information content (AvgIpc) is 2.95. The van der Waals surface area contributed by atoms with Crippen LogP contribution in [0.4, 0.5) is 5.95 Å². The van der Waals surface area contributed by atoms with Crippen molar-refractivity contribution in [3.05, 3.63) is 32.5 Å². The third-order valence-corrected chi connectivity index (χ3v) is 4.45. The molecule has 8 nitrogen and oxygen atoms in total. The Kier molecular flexibility index (Phi) is 5.30. The predicted molar refractivity (Wildman–Crippen MR) is 101 cm³/mol. The normalized spacial score (nSPS) is 12.2. The van der Waals surface area contributed by atoms with Crippen molar-refractivity contribution in [1.82, 2.24) is 18.7 Å². The van der Waals surface area contributed by atoms with E-state index in [1.165, 1.54) is 17.8 Å². The highest BCUT2D eigenvalue weighted by Gasteiger charge is 2.22. The Balaban J connectivity index is 2.83. The van der Waals surface area contributed by atoms with Crippen LogP contribution in [-0.4, -0.2) is 38.0 Å². The summed E-state index contributed by atoms with van der Waals surface area (Å²) < 4.78 is 4.34. The maximum atomic E-state index is 12.7. The quantitative estimate of drug-likeness (QED) is 0.630. The molecule has 0 aliphatic heterocycles. The first kappa shape index (κ1) is 18.7. The lowest BCUT2D eigenvalue weighted by atomic mass is 10.2. The summed E-state index contributed by atoms with van der Waals surface area (Å²) in [6, 6.07) is 0.0423. The molecule has 0 saturated heterocycles. The molecule has 1 N–H and O–H groups in total. The molecule has 1 unspecified atom stereocenters. The van der Waals surface area contributed by atoms with E-state index in [0.717, 1.165) is 10.1 Å². The van der Waals surface area contributed by atoms with E-state index in [9.17, 15) is 9.59 Å². The van der Waals surface area contributed by atoms with Crippen LogP contribution in [0.5, 0.6) is 0 Å². The number of hydrogen-bond donors (Lipinski definition) is 1. The molecule has 0 fully saturated rings. The molecule has 0 radical (unpaired) electrons. The van der Waals surface area contributed by atoms with E-state index >= 15 is 0 Å². The third-order valence-electron chi connectivity index (χ3n) is 4.45. The molecule has 0 aliphatic carbocycles. The van der Waals surface area contributed by atoms with Crippen LogP contribution in [0.1, 0.15) is 27.2 Å². The molecule has 0 spiro atoms. The smallest absolute Gasteiger partial charge is 0.332 e. The van der Waals surface area contributed by atoms with Crippen LogP contribution in [0.3, 0.4) is 0 Å². The maximum absolute atomic E-state index is 12.7. The standard InChI is InChI=1S/C17H26N6O2/c1-11(2)8-10-23-13-14(21(5)17(25)22(6)15(13)24)19-16(23)20(4)12(3)7-9-18/h8-9,12,18H,7,10H2,1-6H3. The highest BCUT2D eigenvalue weighted by Crippen LogP contribution is 2.21. The lowest BCUT2D eigenvalue weighted by Crippen LogP contribution is -2.37. The molecule has 136 valence electrons. The number of aryl methyl sites for hydroxylation is 1. The van der Waals surface area contributed by atoms with E-state index in [1.807, 2.05) is 43.4 Å². The van der Waals surface area contributed by atoms with Crippen LogP contribution < -0.4 is 16.1 Å². The Hall–Kier alpha value is -2.64. The largest absolute Gasteiger partial charge is 0.342 e. The minimum Gasteiger partial charge on any atom is -0.342 e. The fourth-order valence-electron chi connectivity index (χ4n) is 2.68. The van der Waals surface area contributed by atoms with Gasteiger partial charge in [-0.05, 0) is 27.0 Å². The van der Waals surface area contributed by atoms with Gasteiger partial charge >= 0.3 is 5.69 Å². The molecule has 25 heavy (non-hydrogen) atoms. The van der Waals surface area contributed by atoms with E-state index in [1.54, 1.807) is 7.05 Å². The molecule has 1 atom stereocenters. The van der Waals surface area contributed by atoms with Crippen LogP contribution in [0.25, 0.3) is 11.2 Å². The molecule has 2 rings (SSSR count). The second-order valence-electron chi connectivity index (χ2n) is 6.58. The molecule has 0 aliphatic rings. The summed E-state index contributed by atoms with van der Waals surface area (Å²) in [5.74, 6) is 0.611. The van der Waals surface area contributed by atoms with Gasteiger partial charge in [0.05, 0.1) is 0 Å². The minimum atomic E-state index is -0.397. The maximum Gasteiger partial charge on any atom is 0.332 e. The van der Waals surface area contributed by atoms with E-state index in [-0.39, 0.29) is 11.6 Å². The van der Waals surface area contributed by atoms with Crippen molar-refractivity contribution in [3.8, 4) is 0 Å². The van der Waals surface area contributed by atoms with Gasteiger partial charge in [0.15, 0.2) is 11.2 Å². The van der Waals surface area contributed by atoms with Gasteiger partial charge in [-0.3, -0.25) is 13.9 Å². The molecule has 0 aromatic carbocycles. The summed E-state index contributed by atoms with van der Waals surface area (Å²) in [5, 5.41) is 7.32. The number of nitrogens with one attached hydrogen (secondary N) is 1. The van der Waals surface area contributed by atoms with E-state index < -0.39 is 5.69 Å². The van der Waals surface area contributed by atoms with Gasteiger partial charge in [-0.2, -0.15) is 4.98 Å². The van der Waals surface area contributed by atoms with Crippen molar-refractivity contribution in [2.24, 2.45) is 14.1 Å². The van der Waals surface area contributed by atoms with Crippen molar-refractivity contribution in [2.75, 3.05) is 11.9 Å². The molecule has 0 saturated carbocycles. The lowest BCUT2D eigenvalue weighted by Gasteiger charge is -2.25. The monoisotopic (exact) mass is 346 g/mol. The second kappa shape index (κ2) is 7.08. The van der Waals surface area contributed by atoms with Crippen LogP contribution in [0.15, 0.2) is 21.2 Å². The number of imidazole rings is 1. The number of rotatable bonds is 6. The fraction of sp³-hybridized carbons (Fsp3) is 0.529. The predicted octanol–water partition coefficient (Wildman–Crippen LogP) is 1.26. The Morgan fingerprint density at radius 3 is 2.48 bits per heavy atom. The van der Waals surface area contributed by atoms with Crippen LogP contribution in [0.2, 0.25) is 0 Å². The molecular formula is C17H26N6O2. The first-order valence-electron chi connectivity index (χ1n) is 8.22. The topological polar surface area (TPSA) is 88.9 Å². The third kappa shape index (κ3) is 3.29. The number of allylic oxidation sites excluding steroid dienone is 2. The van der Waals surface area contributed by atoms with Crippen LogP contribution in [-0.2, 0) is 20.6 Å². The van der Waals surface area contributed by atoms with Gasteiger partial charge in [0.1, 0.15) is 0 Å². The number of fused-ring (bicyclic) bond motifs is 1. The first-order chi connectivity index (χ1) is 11.7. The Labute approximate surface area is 146 Å². The van der Waals surface area contributed by atoms with Crippen molar-refractivity contribution < 1.29 is 0 Å². The van der Waals surface area contributed by atoms with Gasteiger partial charge < -0.3 is 14.9 Å². The van der Waals surface area contributed by atoms with Crippen molar-refractivity contribution in [2.45, 2.75) is 39.8 Å². The fourth-order valence-corrected chi connectivity index (χ4v) is 2.68. The van der Waals surface area contributed by atoms with E-state index in [2.05, 4.69) is 4.98 Å². The Morgan fingerprint density at radius 2 is 1.92 bits per heavy atom. The second-order valence-corrected chi connectivity index (χ2v) is 6.58. The van der Waals surface area contributed by atoms with Gasteiger partial charge in [-0.25, -0.2) is 4.79 Å². The Bertz CT molecular complexity index is 943. The van der Waals surface area contributed by atoms with Crippen molar-refractivity contribution >= 4 is 23.3 Å². The average molecular weight is 346 g/mol. The molecule has 2 aromatic rings. The zero-order valence-corrected chi connectivity index (χ0v) is 15.7. The van der Waals surface area contributed by atoms with Gasteiger partial charge in [-0.15, -0.1) is 0 Å². The lowest BCUT2D eigenvalue weighted by molar-refractivity contribution is 0.671. The minimum absolute atomic E-state index is 0.0423. The Morgan fingerprint density at radius 1 is 1.28 bits per heavy atom. The summed E-state index contributed by atoms with van der Waals surface area (Å²) in [6.45, 7) is 6.47. The number of hydrogen-bond acceptors (Lipinski definition) is 5. The number of nitrogens with zero attached hydrogens (tertiary/aromatic N) is 5. The highest BCUT2D eigenvalue weighted by atomic mass is 16.2. The molecule has 2 aromatic heterocycles. The summed E-state index contributed by atoms with van der Waals surface area (Å²) in [5.41, 5.74) is 1.16. The van der Waals surface area contributed by atoms with E-state index in [4.69, 9.17) is 5.41 Å². The van der Waals surface area contributed by atoms with Crippen molar-refractivity contribution in [1.29, 1.82) is 5.41 Å². The number of aromatic nitrogens is 4.